The van der Waals surface area contributed by atoms with Crippen LogP contribution in [0.2, 0.25) is 0 Å². The van der Waals surface area contributed by atoms with E-state index in [9.17, 15) is 4.79 Å². The molecule has 1 aliphatic rings. The van der Waals surface area contributed by atoms with E-state index in [0.717, 1.165) is 24.4 Å². The Morgan fingerprint density at radius 1 is 1.38 bits per heavy atom. The molecule has 1 amide bonds. The number of ether oxygens (including phenoxy) is 1. The largest absolute Gasteiger partial charge is 0.380 e. The van der Waals surface area contributed by atoms with E-state index in [1.807, 2.05) is 36.9 Å². The minimum Gasteiger partial charge on any atom is -0.380 e. The van der Waals surface area contributed by atoms with Crippen molar-refractivity contribution < 1.29 is 14.1 Å². The number of hydrogen-bond donors (Lipinski definition) is 0. The molecule has 2 aromatic heterocycles. The fourth-order valence-electron chi connectivity index (χ4n) is 3.30. The molecule has 0 aromatic carbocycles. The molecule has 8 heteroatoms. The third kappa shape index (κ3) is 3.41. The fraction of sp³-hybridized carbons (Fsp3) is 0.556. The van der Waals surface area contributed by atoms with Gasteiger partial charge in [-0.15, -0.1) is 0 Å². The van der Waals surface area contributed by atoms with Gasteiger partial charge in [0.05, 0.1) is 23.9 Å². The van der Waals surface area contributed by atoms with Gasteiger partial charge in [-0.05, 0) is 26.7 Å². The van der Waals surface area contributed by atoms with Gasteiger partial charge in [0.1, 0.15) is 17.4 Å². The molecule has 1 saturated heterocycles. The van der Waals surface area contributed by atoms with Crippen molar-refractivity contribution in [2.24, 2.45) is 0 Å². The summed E-state index contributed by atoms with van der Waals surface area (Å²) in [5.74, 6) is 2.00. The van der Waals surface area contributed by atoms with Crippen LogP contribution in [0.5, 0.6) is 0 Å². The highest BCUT2D eigenvalue weighted by Crippen LogP contribution is 2.34. The van der Waals surface area contributed by atoms with Crippen LogP contribution in [0.4, 0.5) is 5.82 Å². The molecule has 0 spiro atoms. The highest BCUT2D eigenvalue weighted by atomic mass is 16.5. The lowest BCUT2D eigenvalue weighted by Gasteiger charge is -2.25. The quantitative estimate of drug-likeness (QED) is 0.809. The average molecular weight is 359 g/mol. The number of nitrogens with zero attached hydrogens (tertiary/aromatic N) is 5. The first kappa shape index (κ1) is 18.3. The second-order valence-electron chi connectivity index (χ2n) is 6.75. The van der Waals surface area contributed by atoms with Crippen molar-refractivity contribution in [2.45, 2.75) is 39.3 Å². The van der Waals surface area contributed by atoms with Gasteiger partial charge in [0.25, 0.3) is 5.91 Å². The summed E-state index contributed by atoms with van der Waals surface area (Å²) >= 11 is 0. The van der Waals surface area contributed by atoms with Gasteiger partial charge in [0, 0.05) is 33.8 Å². The lowest BCUT2D eigenvalue weighted by atomic mass is 10.1. The number of rotatable bonds is 5. The molecule has 3 rings (SSSR count). The Labute approximate surface area is 153 Å². The average Bonchev–Trinajstić information content (AvgIpc) is 3.22. The second-order valence-corrected chi connectivity index (χ2v) is 6.75. The predicted molar refractivity (Wildman–Crippen MR) is 96.1 cm³/mol. The van der Waals surface area contributed by atoms with Crippen molar-refractivity contribution in [3.05, 3.63) is 34.6 Å². The van der Waals surface area contributed by atoms with E-state index in [4.69, 9.17) is 9.26 Å². The molecular formula is C18H25N5O3. The number of methoxy groups -OCH3 is 1. The van der Waals surface area contributed by atoms with Gasteiger partial charge in [0.15, 0.2) is 5.69 Å². The Morgan fingerprint density at radius 3 is 2.85 bits per heavy atom. The van der Waals surface area contributed by atoms with E-state index < -0.39 is 0 Å². The van der Waals surface area contributed by atoms with Gasteiger partial charge in [-0.2, -0.15) is 0 Å². The van der Waals surface area contributed by atoms with Crippen LogP contribution in [-0.2, 0) is 11.3 Å². The lowest BCUT2D eigenvalue weighted by molar-refractivity contribution is 0.0718. The Morgan fingerprint density at radius 2 is 2.15 bits per heavy atom. The molecule has 140 valence electrons. The number of aromatic nitrogens is 3. The van der Waals surface area contributed by atoms with Crippen molar-refractivity contribution >= 4 is 11.7 Å². The number of carbonyl (C=O) groups excluding carboxylic acids is 1. The fourth-order valence-corrected chi connectivity index (χ4v) is 3.30. The standard InChI is InChI=1S/C18H25N5O3/c1-11-13(10-25-5)17(21-26-11)18(24)23-8-6-7-15(23)14-9-16(22(3)4)20-12(2)19-14/h9,15H,6-8,10H2,1-5H3. The maximum Gasteiger partial charge on any atom is 0.276 e. The zero-order valence-corrected chi connectivity index (χ0v) is 15.9. The minimum absolute atomic E-state index is 0.0877. The Hall–Kier alpha value is -2.48. The number of amides is 1. The van der Waals surface area contributed by atoms with Crippen molar-refractivity contribution in [2.75, 3.05) is 32.6 Å². The summed E-state index contributed by atoms with van der Waals surface area (Å²) in [5.41, 5.74) is 1.89. The molecule has 0 aliphatic carbocycles. The van der Waals surface area contributed by atoms with E-state index in [1.165, 1.54) is 0 Å². The van der Waals surface area contributed by atoms with Gasteiger partial charge in [-0.3, -0.25) is 4.79 Å². The van der Waals surface area contributed by atoms with Gasteiger partial charge in [0.2, 0.25) is 0 Å². The first-order chi connectivity index (χ1) is 12.4. The summed E-state index contributed by atoms with van der Waals surface area (Å²) in [6.45, 7) is 4.63. The molecule has 0 bridgehead atoms. The Kier molecular flexibility index (Phi) is 5.22. The summed E-state index contributed by atoms with van der Waals surface area (Å²) in [7, 11) is 5.47. The molecule has 26 heavy (non-hydrogen) atoms. The van der Waals surface area contributed by atoms with Crippen LogP contribution < -0.4 is 4.90 Å². The first-order valence-corrected chi connectivity index (χ1v) is 8.70. The third-order valence-electron chi connectivity index (χ3n) is 4.63. The topological polar surface area (TPSA) is 84.6 Å². The second kappa shape index (κ2) is 7.41. The zero-order chi connectivity index (χ0) is 18.8. The van der Waals surface area contributed by atoms with Crippen molar-refractivity contribution in [1.82, 2.24) is 20.0 Å². The summed E-state index contributed by atoms with van der Waals surface area (Å²) in [5, 5.41) is 3.98. The van der Waals surface area contributed by atoms with Crippen LogP contribution in [-0.4, -0.2) is 53.7 Å². The molecule has 1 unspecified atom stereocenters. The minimum atomic E-state index is -0.140. The van der Waals surface area contributed by atoms with Gasteiger partial charge >= 0.3 is 0 Å². The maximum absolute atomic E-state index is 13.1. The van der Waals surface area contributed by atoms with Gasteiger partial charge in [-0.1, -0.05) is 5.16 Å². The van der Waals surface area contributed by atoms with Crippen LogP contribution in [0.15, 0.2) is 10.6 Å². The normalized spacial score (nSPS) is 17.0. The highest BCUT2D eigenvalue weighted by Gasteiger charge is 2.35. The summed E-state index contributed by atoms with van der Waals surface area (Å²) in [6.07, 6.45) is 1.79. The molecule has 0 saturated carbocycles. The van der Waals surface area contributed by atoms with Gasteiger partial charge < -0.3 is 19.1 Å². The molecule has 1 aliphatic heterocycles. The monoisotopic (exact) mass is 359 g/mol. The molecule has 3 heterocycles. The van der Waals surface area contributed by atoms with E-state index in [1.54, 1.807) is 14.0 Å². The zero-order valence-electron chi connectivity index (χ0n) is 15.9. The Balaban J connectivity index is 1.93. The van der Waals surface area contributed by atoms with Gasteiger partial charge in [-0.25, -0.2) is 9.97 Å². The summed E-state index contributed by atoms with van der Waals surface area (Å²) in [4.78, 5) is 25.9. The molecule has 8 nitrogen and oxygen atoms in total. The molecule has 1 fully saturated rings. The molecular weight excluding hydrogens is 334 g/mol. The number of carbonyl (C=O) groups is 1. The van der Waals surface area contributed by atoms with E-state index in [-0.39, 0.29) is 11.9 Å². The SMILES string of the molecule is COCc1c(C(=O)N2CCCC2c2cc(N(C)C)nc(C)n2)noc1C. The molecule has 2 aromatic rings. The smallest absolute Gasteiger partial charge is 0.276 e. The third-order valence-corrected chi connectivity index (χ3v) is 4.63. The van der Waals surface area contributed by atoms with Crippen molar-refractivity contribution in [3.63, 3.8) is 0 Å². The first-order valence-electron chi connectivity index (χ1n) is 8.70. The summed E-state index contributed by atoms with van der Waals surface area (Å²) in [6, 6.07) is 1.86. The number of likely N-dealkylation sites (tertiary alicyclic amines) is 1. The van der Waals surface area contributed by atoms with Crippen molar-refractivity contribution in [1.29, 1.82) is 0 Å². The van der Waals surface area contributed by atoms with Crippen LogP contribution in [0.3, 0.4) is 0 Å². The van der Waals surface area contributed by atoms with Crippen LogP contribution in [0.1, 0.15) is 52.2 Å². The molecule has 0 N–H and O–H groups in total. The van der Waals surface area contributed by atoms with Crippen molar-refractivity contribution in [3.8, 4) is 0 Å². The maximum atomic E-state index is 13.1. The molecule has 0 radical (unpaired) electrons. The molecule has 1 atom stereocenters. The van der Waals surface area contributed by atoms with Crippen LogP contribution in [0, 0.1) is 13.8 Å². The van der Waals surface area contributed by atoms with E-state index in [0.29, 0.717) is 36.0 Å². The highest BCUT2D eigenvalue weighted by molar-refractivity contribution is 5.94. The van der Waals surface area contributed by atoms with Crippen LogP contribution >= 0.6 is 0 Å². The predicted octanol–water partition coefficient (Wildman–Crippen LogP) is 2.27. The number of hydrogen-bond acceptors (Lipinski definition) is 7. The lowest BCUT2D eigenvalue weighted by Crippen LogP contribution is -2.32. The summed E-state index contributed by atoms with van der Waals surface area (Å²) < 4.78 is 10.4. The van der Waals surface area contributed by atoms with E-state index >= 15 is 0 Å². The number of aryl methyl sites for hydroxylation is 2. The van der Waals surface area contributed by atoms with Crippen LogP contribution in [0.25, 0.3) is 0 Å². The van der Waals surface area contributed by atoms with E-state index in [2.05, 4.69) is 15.1 Å². The number of anilines is 1. The Bertz CT molecular complexity index is 802.